The second-order valence-electron chi connectivity index (χ2n) is 9.24. The van der Waals surface area contributed by atoms with Gasteiger partial charge in [-0.1, -0.05) is 18.2 Å². The number of amides is 1. The lowest BCUT2D eigenvalue weighted by molar-refractivity contribution is 0.203. The van der Waals surface area contributed by atoms with Crippen LogP contribution in [0.4, 0.5) is 4.79 Å². The van der Waals surface area contributed by atoms with Gasteiger partial charge in [0.15, 0.2) is 11.5 Å². The molecular formula is C29H28N2O4. The summed E-state index contributed by atoms with van der Waals surface area (Å²) in [5.41, 5.74) is 4.21. The SMILES string of the molecule is CNC(=O)Oc1c(-c2ccc(Oc3ccccc3)cc2)oc2cc(C3CCCN3)c(C3CC3)cc12. The van der Waals surface area contributed by atoms with Crippen molar-refractivity contribution in [1.29, 1.82) is 0 Å². The Morgan fingerprint density at radius 1 is 0.971 bits per heavy atom. The summed E-state index contributed by atoms with van der Waals surface area (Å²) in [5.74, 6) is 3.04. The van der Waals surface area contributed by atoms with Crippen LogP contribution in [0.3, 0.4) is 0 Å². The van der Waals surface area contributed by atoms with Crippen LogP contribution in [0.1, 0.15) is 48.8 Å². The number of nitrogens with one attached hydrogen (secondary N) is 2. The maximum atomic E-state index is 12.3. The molecular weight excluding hydrogens is 440 g/mol. The fraction of sp³-hybridized carbons (Fsp3) is 0.276. The quantitative estimate of drug-likeness (QED) is 0.322. The zero-order chi connectivity index (χ0) is 23.8. The van der Waals surface area contributed by atoms with Crippen molar-refractivity contribution in [3.63, 3.8) is 0 Å². The number of carbonyl (C=O) groups is 1. The molecule has 0 spiro atoms. The molecule has 0 bridgehead atoms. The molecule has 4 aromatic rings. The summed E-state index contributed by atoms with van der Waals surface area (Å²) in [7, 11) is 1.56. The van der Waals surface area contributed by atoms with E-state index in [0.29, 0.717) is 23.5 Å². The van der Waals surface area contributed by atoms with Crippen molar-refractivity contribution in [3.8, 4) is 28.6 Å². The molecule has 2 fully saturated rings. The molecule has 6 nitrogen and oxygen atoms in total. The Morgan fingerprint density at radius 2 is 1.74 bits per heavy atom. The van der Waals surface area contributed by atoms with Gasteiger partial charge in [0.05, 0.1) is 5.39 Å². The first kappa shape index (κ1) is 21.7. The first-order valence-electron chi connectivity index (χ1n) is 12.3. The number of fused-ring (bicyclic) bond motifs is 1. The second-order valence-corrected chi connectivity index (χ2v) is 9.24. The molecule has 35 heavy (non-hydrogen) atoms. The Balaban J connectivity index is 1.42. The lowest BCUT2D eigenvalue weighted by Gasteiger charge is -2.16. The van der Waals surface area contributed by atoms with Gasteiger partial charge in [0.1, 0.15) is 17.1 Å². The minimum absolute atomic E-state index is 0.348. The second kappa shape index (κ2) is 9.12. The molecule has 0 radical (unpaired) electrons. The Hall–Kier alpha value is -3.77. The average molecular weight is 469 g/mol. The number of carbonyl (C=O) groups excluding carboxylic acids is 1. The van der Waals surface area contributed by atoms with E-state index in [4.69, 9.17) is 13.9 Å². The number of hydrogen-bond donors (Lipinski definition) is 2. The van der Waals surface area contributed by atoms with Crippen LogP contribution in [0.5, 0.6) is 17.2 Å². The third kappa shape index (κ3) is 4.37. The smallest absolute Gasteiger partial charge is 0.412 e. The van der Waals surface area contributed by atoms with E-state index < -0.39 is 6.09 Å². The number of benzene rings is 3. The van der Waals surface area contributed by atoms with Gasteiger partial charge in [0.25, 0.3) is 0 Å². The van der Waals surface area contributed by atoms with E-state index in [1.165, 1.54) is 30.4 Å². The third-order valence-electron chi connectivity index (χ3n) is 6.80. The fourth-order valence-corrected chi connectivity index (χ4v) is 4.89. The number of para-hydroxylation sites is 1. The van der Waals surface area contributed by atoms with E-state index in [9.17, 15) is 4.79 Å². The molecule has 1 unspecified atom stereocenters. The van der Waals surface area contributed by atoms with Gasteiger partial charge in [-0.05, 0) is 97.8 Å². The van der Waals surface area contributed by atoms with Gasteiger partial charge >= 0.3 is 6.09 Å². The lowest BCUT2D eigenvalue weighted by Crippen LogP contribution is -2.22. The van der Waals surface area contributed by atoms with Crippen LogP contribution in [0.25, 0.3) is 22.3 Å². The first-order chi connectivity index (χ1) is 17.2. The highest BCUT2D eigenvalue weighted by molar-refractivity contribution is 5.95. The van der Waals surface area contributed by atoms with Crippen LogP contribution in [-0.4, -0.2) is 19.7 Å². The van der Waals surface area contributed by atoms with Gasteiger partial charge in [-0.25, -0.2) is 4.79 Å². The van der Waals surface area contributed by atoms with E-state index in [1.807, 2.05) is 54.6 Å². The fourth-order valence-electron chi connectivity index (χ4n) is 4.89. The number of ether oxygens (including phenoxy) is 2. The predicted octanol–water partition coefficient (Wildman–Crippen LogP) is 6.91. The number of hydrogen-bond acceptors (Lipinski definition) is 5. The highest BCUT2D eigenvalue weighted by Crippen LogP contribution is 2.49. The van der Waals surface area contributed by atoms with Crippen molar-refractivity contribution in [2.75, 3.05) is 13.6 Å². The normalized spacial score (nSPS) is 17.5. The van der Waals surface area contributed by atoms with Crippen LogP contribution >= 0.6 is 0 Å². The molecule has 178 valence electrons. The summed E-state index contributed by atoms with van der Waals surface area (Å²) < 4.78 is 18.1. The van der Waals surface area contributed by atoms with E-state index in [2.05, 4.69) is 22.8 Å². The van der Waals surface area contributed by atoms with Crippen molar-refractivity contribution in [1.82, 2.24) is 10.6 Å². The van der Waals surface area contributed by atoms with Crippen molar-refractivity contribution in [3.05, 3.63) is 77.9 Å². The van der Waals surface area contributed by atoms with Gasteiger partial charge in [0, 0.05) is 18.7 Å². The van der Waals surface area contributed by atoms with E-state index in [-0.39, 0.29) is 0 Å². The molecule has 1 amide bonds. The van der Waals surface area contributed by atoms with Crippen LogP contribution in [0.2, 0.25) is 0 Å². The molecule has 6 heteroatoms. The number of furan rings is 1. The Bertz CT molecular complexity index is 1350. The van der Waals surface area contributed by atoms with E-state index in [0.717, 1.165) is 41.0 Å². The van der Waals surface area contributed by atoms with Gasteiger partial charge in [-0.15, -0.1) is 0 Å². The summed E-state index contributed by atoms with van der Waals surface area (Å²) in [6, 6.07) is 22.0. The lowest BCUT2D eigenvalue weighted by atomic mass is 9.94. The molecule has 1 atom stereocenters. The highest BCUT2D eigenvalue weighted by atomic mass is 16.6. The monoisotopic (exact) mass is 468 g/mol. The Labute approximate surface area is 204 Å². The van der Waals surface area contributed by atoms with Gasteiger partial charge < -0.3 is 24.5 Å². The molecule has 3 aromatic carbocycles. The van der Waals surface area contributed by atoms with E-state index >= 15 is 0 Å². The molecule has 2 N–H and O–H groups in total. The zero-order valence-electron chi connectivity index (χ0n) is 19.7. The summed E-state index contributed by atoms with van der Waals surface area (Å²) >= 11 is 0. The minimum atomic E-state index is -0.521. The average Bonchev–Trinajstić information content (AvgIpc) is 3.47. The largest absolute Gasteiger partial charge is 0.457 e. The van der Waals surface area contributed by atoms with Crippen molar-refractivity contribution in [2.24, 2.45) is 0 Å². The molecule has 1 aromatic heterocycles. The molecule has 1 aliphatic carbocycles. The first-order valence-corrected chi connectivity index (χ1v) is 12.3. The van der Waals surface area contributed by atoms with Gasteiger partial charge in [-0.2, -0.15) is 0 Å². The summed E-state index contributed by atoms with van der Waals surface area (Å²) in [4.78, 5) is 12.3. The van der Waals surface area contributed by atoms with Crippen molar-refractivity contribution in [2.45, 2.75) is 37.6 Å². The van der Waals surface area contributed by atoms with Crippen LogP contribution < -0.4 is 20.1 Å². The van der Waals surface area contributed by atoms with Crippen LogP contribution in [0.15, 0.2) is 71.1 Å². The molecule has 2 aliphatic rings. The molecule has 1 aliphatic heterocycles. The predicted molar refractivity (Wildman–Crippen MR) is 135 cm³/mol. The third-order valence-corrected chi connectivity index (χ3v) is 6.80. The highest BCUT2D eigenvalue weighted by Gasteiger charge is 2.32. The summed E-state index contributed by atoms with van der Waals surface area (Å²) in [6.07, 6.45) is 4.18. The van der Waals surface area contributed by atoms with Crippen molar-refractivity contribution < 1.29 is 18.7 Å². The Morgan fingerprint density at radius 3 is 2.43 bits per heavy atom. The molecule has 1 saturated carbocycles. The maximum absolute atomic E-state index is 12.3. The molecule has 2 heterocycles. The van der Waals surface area contributed by atoms with E-state index in [1.54, 1.807) is 7.05 Å². The molecule has 1 saturated heterocycles. The summed E-state index contributed by atoms with van der Waals surface area (Å²) in [5, 5.41) is 7.02. The van der Waals surface area contributed by atoms with Crippen molar-refractivity contribution >= 4 is 17.1 Å². The summed E-state index contributed by atoms with van der Waals surface area (Å²) in [6.45, 7) is 1.04. The number of rotatable bonds is 6. The van der Waals surface area contributed by atoms with Gasteiger partial charge in [-0.3, -0.25) is 0 Å². The standard InChI is InChI=1S/C29H28N2O4/c1-30-29(32)35-28-24-16-22(18-9-10-18)23(25-8-5-15-31-25)17-26(24)34-27(28)19-11-13-21(14-12-19)33-20-6-3-2-4-7-20/h2-4,6-7,11-14,16-18,25,31H,5,8-10,15H2,1H3,(H,30,32). The minimum Gasteiger partial charge on any atom is -0.457 e. The topological polar surface area (TPSA) is 72.7 Å². The van der Waals surface area contributed by atoms with Crippen LogP contribution in [0, 0.1) is 0 Å². The zero-order valence-corrected chi connectivity index (χ0v) is 19.7. The molecule has 6 rings (SSSR count). The van der Waals surface area contributed by atoms with Gasteiger partial charge in [0.2, 0.25) is 0 Å². The Kier molecular flexibility index (Phi) is 5.66. The van der Waals surface area contributed by atoms with Crippen LogP contribution in [-0.2, 0) is 0 Å². The maximum Gasteiger partial charge on any atom is 0.412 e.